The molecule has 4 atom stereocenters. The van der Waals surface area contributed by atoms with Gasteiger partial charge in [-0.2, -0.15) is 0 Å². The first-order valence-electron chi connectivity index (χ1n) is 11.3. The molecule has 3 aromatic rings. The Labute approximate surface area is 207 Å². The van der Waals surface area contributed by atoms with E-state index in [1.54, 1.807) is 24.3 Å². The predicted molar refractivity (Wildman–Crippen MR) is 137 cm³/mol. The van der Waals surface area contributed by atoms with E-state index in [0.29, 0.717) is 23.0 Å². The number of amides is 1. The van der Waals surface area contributed by atoms with Crippen molar-refractivity contribution in [2.45, 2.75) is 31.3 Å². The van der Waals surface area contributed by atoms with E-state index in [1.165, 1.54) is 6.92 Å². The monoisotopic (exact) mass is 491 g/mol. The van der Waals surface area contributed by atoms with Gasteiger partial charge in [-0.3, -0.25) is 10.1 Å². The predicted octanol–water partition coefficient (Wildman–Crippen LogP) is 4.11. The third kappa shape index (κ3) is 5.12. The van der Waals surface area contributed by atoms with Gasteiger partial charge in [0.25, 0.3) is 0 Å². The van der Waals surface area contributed by atoms with Gasteiger partial charge in [0.15, 0.2) is 17.0 Å². The van der Waals surface area contributed by atoms with E-state index in [-0.39, 0.29) is 24.5 Å². The first-order valence-corrected chi connectivity index (χ1v) is 11.8. The highest BCUT2D eigenvalue weighted by Gasteiger charge is 2.49. The molecule has 5 rings (SSSR count). The van der Waals surface area contributed by atoms with Gasteiger partial charge in [0.1, 0.15) is 12.2 Å². The molecule has 180 valence electrons. The zero-order valence-electron chi connectivity index (χ0n) is 19.0. The van der Waals surface area contributed by atoms with E-state index in [1.807, 2.05) is 30.3 Å². The van der Waals surface area contributed by atoms with Crippen molar-refractivity contribution in [1.29, 1.82) is 0 Å². The minimum absolute atomic E-state index is 0.0402. The molecule has 9 heteroatoms. The maximum atomic E-state index is 12.4. The van der Waals surface area contributed by atoms with E-state index in [4.69, 9.17) is 26.4 Å². The Morgan fingerprint density at radius 3 is 2.46 bits per heavy atom. The van der Waals surface area contributed by atoms with E-state index in [0.717, 1.165) is 16.5 Å². The third-order valence-electron chi connectivity index (χ3n) is 6.16. The van der Waals surface area contributed by atoms with Crippen molar-refractivity contribution in [1.82, 2.24) is 5.32 Å². The number of anilines is 2. The second-order valence-electron chi connectivity index (χ2n) is 8.53. The number of benzene rings is 3. The number of hydrogen-bond acceptors (Lipinski definition) is 6. The van der Waals surface area contributed by atoms with Crippen LogP contribution in [0.5, 0.6) is 0 Å². The first kappa shape index (κ1) is 23.2. The lowest BCUT2D eigenvalue weighted by Crippen LogP contribution is -2.46. The van der Waals surface area contributed by atoms with Gasteiger partial charge in [0, 0.05) is 22.3 Å². The van der Waals surface area contributed by atoms with Gasteiger partial charge in [0.2, 0.25) is 0 Å². The normalized spacial score (nSPS) is 22.9. The van der Waals surface area contributed by atoms with Crippen LogP contribution >= 0.6 is 12.2 Å². The molecule has 0 spiro atoms. The fourth-order valence-corrected chi connectivity index (χ4v) is 4.68. The van der Waals surface area contributed by atoms with E-state index >= 15 is 0 Å². The van der Waals surface area contributed by atoms with Crippen LogP contribution in [0.4, 0.5) is 16.2 Å². The van der Waals surface area contributed by atoms with Crippen LogP contribution in [-0.4, -0.2) is 54.6 Å². The van der Waals surface area contributed by atoms with Crippen molar-refractivity contribution in [3.8, 4) is 0 Å². The van der Waals surface area contributed by atoms with Crippen molar-refractivity contribution in [3.63, 3.8) is 0 Å². The summed E-state index contributed by atoms with van der Waals surface area (Å²) in [7, 11) is 0. The smallest absolute Gasteiger partial charge is 0.412 e. The van der Waals surface area contributed by atoms with Crippen molar-refractivity contribution < 1.29 is 23.8 Å². The van der Waals surface area contributed by atoms with Crippen molar-refractivity contribution in [2.24, 2.45) is 0 Å². The van der Waals surface area contributed by atoms with Gasteiger partial charge in [0.05, 0.1) is 19.3 Å². The maximum Gasteiger partial charge on any atom is 0.412 e. The van der Waals surface area contributed by atoms with Crippen molar-refractivity contribution in [3.05, 3.63) is 72.3 Å². The maximum absolute atomic E-state index is 12.4. The molecule has 0 aromatic heterocycles. The molecule has 2 fully saturated rings. The Morgan fingerprint density at radius 2 is 1.66 bits per heavy atom. The Morgan fingerprint density at radius 1 is 0.914 bits per heavy atom. The summed E-state index contributed by atoms with van der Waals surface area (Å²) in [6.45, 7) is 2.09. The molecule has 0 aliphatic carbocycles. The summed E-state index contributed by atoms with van der Waals surface area (Å²) in [5, 5.41) is 11.9. The molecular weight excluding hydrogens is 466 g/mol. The number of ketones is 1. The summed E-state index contributed by atoms with van der Waals surface area (Å²) < 4.78 is 17.4. The molecule has 3 N–H and O–H groups in total. The van der Waals surface area contributed by atoms with Gasteiger partial charge in [-0.25, -0.2) is 4.79 Å². The summed E-state index contributed by atoms with van der Waals surface area (Å²) in [5.74, 6) is -0.0402. The molecule has 8 nitrogen and oxygen atoms in total. The molecule has 2 heterocycles. The van der Waals surface area contributed by atoms with Crippen LogP contribution in [0.2, 0.25) is 0 Å². The topological polar surface area (TPSA) is 97.9 Å². The minimum atomic E-state index is -0.608. The van der Waals surface area contributed by atoms with Crippen LogP contribution in [0.3, 0.4) is 0 Å². The number of hydrogen-bond donors (Lipinski definition) is 3. The number of fused-ring (bicyclic) bond motifs is 2. The van der Waals surface area contributed by atoms with Gasteiger partial charge >= 0.3 is 6.09 Å². The van der Waals surface area contributed by atoms with E-state index in [2.05, 4.69) is 28.1 Å². The van der Waals surface area contributed by atoms with E-state index < -0.39 is 18.3 Å². The number of nitrogens with one attached hydrogen (secondary N) is 3. The summed E-state index contributed by atoms with van der Waals surface area (Å²) in [4.78, 5) is 23.8. The lowest BCUT2D eigenvalue weighted by atomic mass is 10.1. The molecule has 1 amide bonds. The summed E-state index contributed by atoms with van der Waals surface area (Å²) in [5.41, 5.74) is 2.02. The van der Waals surface area contributed by atoms with Crippen LogP contribution in [0.1, 0.15) is 17.3 Å². The van der Waals surface area contributed by atoms with Crippen LogP contribution in [-0.2, 0) is 14.2 Å². The number of Topliss-reactive ketones (excluding diaryl/α,β-unsaturated/α-hetero) is 1. The number of carbonyl (C=O) groups is 2. The van der Waals surface area contributed by atoms with Crippen LogP contribution in [0.15, 0.2) is 66.7 Å². The fourth-order valence-electron chi connectivity index (χ4n) is 4.42. The number of ether oxygens (including phenoxy) is 3. The standard InChI is InChI=1S/C26H25N3O5S/c1-15(30)16-9-11-18(12-10-16)27-26(31)34-22-14-33-23-21(13-32-24(22)23)29-25(35)28-20-8-4-6-17-5-2-3-7-19(17)20/h2-12,21-24H,13-14H2,1H3,(H,27,31)(H2,28,29,35). The Kier molecular flexibility index (Phi) is 6.63. The average Bonchev–Trinajstić information content (AvgIpc) is 3.43. The summed E-state index contributed by atoms with van der Waals surface area (Å²) in [6.07, 6.45) is -1.83. The highest BCUT2D eigenvalue weighted by molar-refractivity contribution is 7.80. The second-order valence-corrected chi connectivity index (χ2v) is 8.94. The first-order chi connectivity index (χ1) is 17.0. The van der Waals surface area contributed by atoms with Gasteiger partial charge in [-0.1, -0.05) is 36.4 Å². The lowest BCUT2D eigenvalue weighted by Gasteiger charge is -2.20. The SMILES string of the molecule is CC(=O)c1ccc(NC(=O)OC2COC3C(NC(=S)Nc4cccc5ccccc45)COC23)cc1. The lowest BCUT2D eigenvalue weighted by molar-refractivity contribution is 0.00880. The van der Waals surface area contributed by atoms with Crippen LogP contribution < -0.4 is 16.0 Å². The molecule has 3 aromatic carbocycles. The largest absolute Gasteiger partial charge is 0.441 e. The molecule has 2 saturated heterocycles. The molecule has 0 saturated carbocycles. The molecule has 0 radical (unpaired) electrons. The average molecular weight is 492 g/mol. The summed E-state index contributed by atoms with van der Waals surface area (Å²) >= 11 is 5.54. The Bertz CT molecular complexity index is 1260. The molecular formula is C26H25N3O5S. The zero-order valence-corrected chi connectivity index (χ0v) is 19.8. The van der Waals surface area contributed by atoms with Crippen molar-refractivity contribution >= 4 is 51.4 Å². The highest BCUT2D eigenvalue weighted by Crippen LogP contribution is 2.30. The fraction of sp³-hybridized carbons (Fsp3) is 0.269. The molecule has 2 aliphatic rings. The van der Waals surface area contributed by atoms with E-state index in [9.17, 15) is 9.59 Å². The zero-order chi connectivity index (χ0) is 24.4. The van der Waals surface area contributed by atoms with Crippen LogP contribution in [0.25, 0.3) is 10.8 Å². The van der Waals surface area contributed by atoms with Crippen molar-refractivity contribution in [2.75, 3.05) is 23.8 Å². The summed E-state index contributed by atoms with van der Waals surface area (Å²) in [6, 6.07) is 20.5. The van der Waals surface area contributed by atoms with Gasteiger partial charge in [-0.05, 0) is 54.9 Å². The Balaban J connectivity index is 1.15. The number of thiocarbonyl (C=S) groups is 1. The quantitative estimate of drug-likeness (QED) is 0.362. The number of rotatable bonds is 5. The second kappa shape index (κ2) is 9.99. The minimum Gasteiger partial charge on any atom is -0.441 e. The number of carbonyl (C=O) groups excluding carboxylic acids is 2. The van der Waals surface area contributed by atoms with Gasteiger partial charge in [-0.15, -0.1) is 0 Å². The Hall–Kier alpha value is -3.53. The molecule has 35 heavy (non-hydrogen) atoms. The van der Waals surface area contributed by atoms with Gasteiger partial charge < -0.3 is 24.8 Å². The highest BCUT2D eigenvalue weighted by atomic mass is 32.1. The third-order valence-corrected chi connectivity index (χ3v) is 6.38. The molecule has 4 unspecified atom stereocenters. The molecule has 2 aliphatic heterocycles. The molecule has 0 bridgehead atoms. The van der Waals surface area contributed by atoms with Crippen LogP contribution in [0, 0.1) is 0 Å².